The molecule has 2 aromatic carbocycles. The van der Waals surface area contributed by atoms with E-state index in [2.05, 4.69) is 0 Å². The second kappa shape index (κ2) is 11.6. The molecule has 13 heteroatoms. The average molecular weight is 568 g/mol. The minimum absolute atomic E-state index is 0.333. The molecule has 36 heavy (non-hydrogen) atoms. The zero-order chi connectivity index (χ0) is 27.3. The molecule has 2 aromatic rings. The van der Waals surface area contributed by atoms with Gasteiger partial charge in [0.05, 0.1) is 22.3 Å². The molecule has 0 unspecified atom stereocenters. The van der Waals surface area contributed by atoms with Crippen molar-refractivity contribution in [2.75, 3.05) is 19.1 Å². The predicted octanol–water partition coefficient (Wildman–Crippen LogP) is 5.23. The molecule has 0 fully saturated rings. The van der Waals surface area contributed by atoms with E-state index in [0.29, 0.717) is 35.2 Å². The van der Waals surface area contributed by atoms with Crippen LogP contribution in [-0.4, -0.2) is 39.2 Å². The van der Waals surface area contributed by atoms with E-state index in [1.807, 2.05) is 32.9 Å². The molecule has 0 saturated carbocycles. The number of aryl methyl sites for hydroxylation is 1. The number of hydrogen-bond acceptors (Lipinski definition) is 6. The third kappa shape index (κ3) is 6.98. The predicted molar refractivity (Wildman–Crippen MR) is 135 cm³/mol. The van der Waals surface area contributed by atoms with Gasteiger partial charge in [-0.1, -0.05) is 43.6 Å². The van der Waals surface area contributed by atoms with E-state index < -0.39 is 38.9 Å². The molecule has 4 N–H and O–H groups in total. The van der Waals surface area contributed by atoms with Crippen LogP contribution in [0.5, 0.6) is 11.5 Å². The van der Waals surface area contributed by atoms with E-state index in [-0.39, 0.29) is 0 Å². The lowest BCUT2D eigenvalue weighted by Crippen LogP contribution is -2.37. The Morgan fingerprint density at radius 2 is 1.75 bits per heavy atom. The number of halogens is 5. The summed E-state index contributed by atoms with van der Waals surface area (Å²) in [4.78, 5) is 0. The fraction of sp³-hybridized carbons (Fsp3) is 0.348. The largest absolute Gasteiger partial charge is 0.516 e. The number of rotatable bonds is 11. The van der Waals surface area contributed by atoms with E-state index in [4.69, 9.17) is 43.8 Å². The molecule has 0 radical (unpaired) electrons. The van der Waals surface area contributed by atoms with Crippen LogP contribution in [0.15, 0.2) is 47.8 Å². The Hall–Kier alpha value is -2.63. The Labute approximate surface area is 217 Å². The summed E-state index contributed by atoms with van der Waals surface area (Å²) in [6.07, 6.45) is 0.368. The number of ether oxygens (including phenoxy) is 2. The molecule has 0 amide bonds. The Bertz CT molecular complexity index is 1210. The zero-order valence-electron chi connectivity index (χ0n) is 19.7. The number of hydrogen-bond donors (Lipinski definition) is 3. The van der Waals surface area contributed by atoms with E-state index in [1.54, 1.807) is 24.3 Å². The van der Waals surface area contributed by atoms with Crippen molar-refractivity contribution >= 4 is 39.4 Å². The summed E-state index contributed by atoms with van der Waals surface area (Å²) >= 11 is 12.1. The van der Waals surface area contributed by atoms with Gasteiger partial charge in [0, 0.05) is 11.6 Å². The van der Waals surface area contributed by atoms with Gasteiger partial charge in [0.15, 0.2) is 0 Å². The molecule has 0 aromatic heterocycles. The topological polar surface area (TPSA) is 114 Å². The van der Waals surface area contributed by atoms with E-state index >= 15 is 0 Å². The summed E-state index contributed by atoms with van der Waals surface area (Å²) < 4.78 is 72.6. The van der Waals surface area contributed by atoms with Crippen molar-refractivity contribution in [3.63, 3.8) is 0 Å². The van der Waals surface area contributed by atoms with Crippen molar-refractivity contribution < 1.29 is 31.1 Å². The van der Waals surface area contributed by atoms with Crippen molar-refractivity contribution in [3.8, 4) is 11.5 Å². The van der Waals surface area contributed by atoms with E-state index in [0.717, 1.165) is 16.7 Å². The van der Waals surface area contributed by atoms with Crippen LogP contribution < -0.4 is 19.9 Å². The van der Waals surface area contributed by atoms with Crippen molar-refractivity contribution in [3.05, 3.63) is 69.5 Å². The highest BCUT2D eigenvalue weighted by molar-refractivity contribution is 7.90. The molecule has 0 aliphatic heterocycles. The highest BCUT2D eigenvalue weighted by Gasteiger charge is 2.46. The summed E-state index contributed by atoms with van der Waals surface area (Å²) in [5.41, 5.74) is 1.23. The van der Waals surface area contributed by atoms with Crippen molar-refractivity contribution in [2.24, 2.45) is 5.73 Å². The van der Waals surface area contributed by atoms with Crippen LogP contribution in [0.2, 0.25) is 5.02 Å². The molecule has 0 atom stereocenters. The van der Waals surface area contributed by atoms with Gasteiger partial charge in [-0.25, -0.2) is 0 Å². The maximum atomic E-state index is 12.6. The molecule has 0 aliphatic rings. The highest BCUT2D eigenvalue weighted by Crippen LogP contribution is 2.38. The van der Waals surface area contributed by atoms with Gasteiger partial charge in [0.1, 0.15) is 24.7 Å². The van der Waals surface area contributed by atoms with Crippen LogP contribution in [0.4, 0.5) is 13.2 Å². The lowest BCUT2D eigenvalue weighted by atomic mass is 9.77. The molecular formula is C23H26Cl2F3N3O4S. The second-order valence-corrected chi connectivity index (χ2v) is 10.7. The minimum Gasteiger partial charge on any atom is -0.491 e. The van der Waals surface area contributed by atoms with Crippen molar-refractivity contribution in [1.82, 2.24) is 4.72 Å². The van der Waals surface area contributed by atoms with Gasteiger partial charge in [-0.2, -0.15) is 21.6 Å². The molecule has 0 spiro atoms. The van der Waals surface area contributed by atoms with Crippen LogP contribution in [0.1, 0.15) is 30.5 Å². The van der Waals surface area contributed by atoms with Gasteiger partial charge in [-0.05, 0) is 41.8 Å². The van der Waals surface area contributed by atoms with E-state index in [9.17, 15) is 21.6 Å². The third-order valence-electron chi connectivity index (χ3n) is 5.28. The summed E-state index contributed by atoms with van der Waals surface area (Å²) in [5.74, 6) is 1.25. The van der Waals surface area contributed by atoms with Crippen LogP contribution in [0, 0.1) is 12.3 Å². The van der Waals surface area contributed by atoms with Crippen LogP contribution in [0.3, 0.4) is 0 Å². The first-order valence-corrected chi connectivity index (χ1v) is 12.8. The molecule has 7 nitrogen and oxygen atoms in total. The van der Waals surface area contributed by atoms with Crippen LogP contribution in [0.25, 0.3) is 0 Å². The molecule has 0 aliphatic carbocycles. The summed E-state index contributed by atoms with van der Waals surface area (Å²) in [5, 5.41) is 7.64. The quantitative estimate of drug-likeness (QED) is 0.254. The molecule has 198 valence electrons. The first-order valence-electron chi connectivity index (χ1n) is 10.4. The maximum absolute atomic E-state index is 12.6. The maximum Gasteiger partial charge on any atom is 0.516 e. The molecule has 0 saturated heterocycles. The van der Waals surface area contributed by atoms with Gasteiger partial charge in [0.25, 0.3) is 0 Å². The number of alkyl halides is 4. The lowest BCUT2D eigenvalue weighted by molar-refractivity contribution is -0.0444. The number of nitrogens with two attached hydrogens (primary N) is 1. The fourth-order valence-electron chi connectivity index (χ4n) is 3.18. The number of nitrogens with one attached hydrogen (secondary N) is 2. The van der Waals surface area contributed by atoms with Gasteiger partial charge >= 0.3 is 15.5 Å². The van der Waals surface area contributed by atoms with Crippen LogP contribution >= 0.6 is 23.2 Å². The molecule has 2 rings (SSSR count). The van der Waals surface area contributed by atoms with Gasteiger partial charge < -0.3 is 20.6 Å². The minimum atomic E-state index is -5.72. The van der Waals surface area contributed by atoms with Gasteiger partial charge in [0.2, 0.25) is 0 Å². The lowest BCUT2D eigenvalue weighted by Gasteiger charge is -2.27. The van der Waals surface area contributed by atoms with Gasteiger partial charge in [-0.15, -0.1) is 11.6 Å². The monoisotopic (exact) mass is 567 g/mol. The molecular weight excluding hydrogens is 542 g/mol. The zero-order valence-corrected chi connectivity index (χ0v) is 22.0. The summed E-state index contributed by atoms with van der Waals surface area (Å²) in [6, 6.07) is 10.7. The third-order valence-corrected chi connectivity index (χ3v) is 6.82. The number of benzene rings is 2. The summed E-state index contributed by atoms with van der Waals surface area (Å²) in [6.45, 7) is 5.80. The Morgan fingerprint density at radius 3 is 2.25 bits per heavy atom. The van der Waals surface area contributed by atoms with Gasteiger partial charge in [-0.3, -0.25) is 4.72 Å². The smallest absolute Gasteiger partial charge is 0.491 e. The Balaban J connectivity index is 2.19. The molecule has 0 heterocycles. The van der Waals surface area contributed by atoms with E-state index in [1.165, 1.54) is 4.72 Å². The molecule has 0 bridgehead atoms. The highest BCUT2D eigenvalue weighted by atomic mass is 35.5. The number of allylic oxidation sites excluding steroid dienone is 1. The SMILES string of the molecule is Cc1cc(C(C)(C)c2ccc(OC/C(N)=C(/C=N)NS(=O)(=O)C(F)(F)F)cc2)cc(Cl)c1OCCCl. The first-order chi connectivity index (χ1) is 16.6. The van der Waals surface area contributed by atoms with Crippen LogP contribution in [-0.2, 0) is 15.4 Å². The fourth-order valence-corrected chi connectivity index (χ4v) is 4.17. The van der Waals surface area contributed by atoms with Crippen molar-refractivity contribution in [2.45, 2.75) is 31.7 Å². The van der Waals surface area contributed by atoms with Crippen molar-refractivity contribution in [1.29, 1.82) is 5.41 Å². The summed E-state index contributed by atoms with van der Waals surface area (Å²) in [7, 11) is -5.72. The average Bonchev–Trinajstić information content (AvgIpc) is 2.80. The second-order valence-electron chi connectivity index (χ2n) is 8.21. The Morgan fingerprint density at radius 1 is 1.14 bits per heavy atom. The number of sulfonamides is 1. The normalized spacial score (nSPS) is 13.1. The Kier molecular flexibility index (Phi) is 9.55. The standard InChI is InChI=1S/C23H26Cl2F3N3O4S/c1-14-10-16(11-18(25)21(14)34-9-8-24)22(2,3)15-4-6-17(7-5-15)35-13-19(30)20(12-29)31-36(32,33)23(26,27)28/h4-7,10-12,29,31H,8-9,13,30H2,1-3H3/b20-19+,29-12?. The first kappa shape index (κ1) is 29.6.